The summed E-state index contributed by atoms with van der Waals surface area (Å²) in [5.41, 5.74) is -2.01. The van der Waals surface area contributed by atoms with E-state index in [0.29, 0.717) is 0 Å². The van der Waals surface area contributed by atoms with E-state index < -0.39 is 34.3 Å². The van der Waals surface area contributed by atoms with Gasteiger partial charge in [-0.3, -0.25) is 0 Å². The Hall–Kier alpha value is -2.34. The molecule has 14 heavy (non-hydrogen) atoms. The molecule has 1 rings (SSSR count). The Labute approximate surface area is 76.9 Å². The van der Waals surface area contributed by atoms with Crippen LogP contribution in [0.25, 0.3) is 0 Å². The van der Waals surface area contributed by atoms with E-state index in [9.17, 15) is 8.78 Å². The Bertz CT molecular complexity index is 445. The highest BCUT2D eigenvalue weighted by atomic mass is 19.1. The highest BCUT2D eigenvalue weighted by molar-refractivity contribution is 5.57. The van der Waals surface area contributed by atoms with Crippen molar-refractivity contribution in [3.63, 3.8) is 0 Å². The predicted molar refractivity (Wildman–Crippen MR) is 39.1 cm³/mol. The zero-order valence-corrected chi connectivity index (χ0v) is 6.54. The third-order valence-corrected chi connectivity index (χ3v) is 1.55. The SMILES string of the molecule is N#Cc1c(O)c(F)c(O)c(C#N)c1F. The van der Waals surface area contributed by atoms with Crippen LogP contribution < -0.4 is 0 Å². The van der Waals surface area contributed by atoms with Crippen LogP contribution in [0.4, 0.5) is 8.78 Å². The monoisotopic (exact) mass is 196 g/mol. The van der Waals surface area contributed by atoms with Crippen LogP contribution in [0.15, 0.2) is 0 Å². The maximum Gasteiger partial charge on any atom is 0.209 e. The lowest BCUT2D eigenvalue weighted by molar-refractivity contribution is 0.379. The van der Waals surface area contributed by atoms with Crippen molar-refractivity contribution < 1.29 is 19.0 Å². The first kappa shape index (κ1) is 9.75. The average molecular weight is 196 g/mol. The molecule has 1 aromatic rings. The van der Waals surface area contributed by atoms with E-state index in [0.717, 1.165) is 0 Å². The Balaban J connectivity index is 3.78. The fourth-order valence-corrected chi connectivity index (χ4v) is 0.869. The largest absolute Gasteiger partial charge is 0.504 e. The molecule has 0 fully saturated rings. The number of rotatable bonds is 0. The molecule has 0 bridgehead atoms. The predicted octanol–water partition coefficient (Wildman–Crippen LogP) is 1.12. The number of phenolic OH excluding ortho intramolecular Hbond substituents is 2. The molecule has 1 aromatic carbocycles. The fourth-order valence-electron chi connectivity index (χ4n) is 0.869. The van der Waals surface area contributed by atoms with Gasteiger partial charge in [0, 0.05) is 0 Å². The van der Waals surface area contributed by atoms with Crippen LogP contribution in [-0.2, 0) is 0 Å². The van der Waals surface area contributed by atoms with Crippen LogP contribution in [0.3, 0.4) is 0 Å². The van der Waals surface area contributed by atoms with Crippen LogP contribution in [-0.4, -0.2) is 10.2 Å². The van der Waals surface area contributed by atoms with Gasteiger partial charge >= 0.3 is 0 Å². The number of benzene rings is 1. The number of hydrogen-bond donors (Lipinski definition) is 2. The van der Waals surface area contributed by atoms with Crippen molar-refractivity contribution in [3.05, 3.63) is 22.8 Å². The van der Waals surface area contributed by atoms with E-state index >= 15 is 0 Å². The van der Waals surface area contributed by atoms with Crippen molar-refractivity contribution in [1.29, 1.82) is 10.5 Å². The number of phenols is 2. The number of aromatic hydroxyl groups is 2. The van der Waals surface area contributed by atoms with E-state index in [1.165, 1.54) is 12.1 Å². The summed E-state index contributed by atoms with van der Waals surface area (Å²) in [5.74, 6) is -5.63. The summed E-state index contributed by atoms with van der Waals surface area (Å²) in [5, 5.41) is 34.4. The van der Waals surface area contributed by atoms with E-state index in [-0.39, 0.29) is 0 Å². The lowest BCUT2D eigenvalue weighted by Crippen LogP contribution is -1.95. The topological polar surface area (TPSA) is 88.0 Å². The van der Waals surface area contributed by atoms with Crippen molar-refractivity contribution in [3.8, 4) is 23.6 Å². The van der Waals surface area contributed by atoms with Gasteiger partial charge in [-0.15, -0.1) is 0 Å². The van der Waals surface area contributed by atoms with Gasteiger partial charge in [0.25, 0.3) is 0 Å². The molecule has 0 unspecified atom stereocenters. The summed E-state index contributed by atoms with van der Waals surface area (Å²) < 4.78 is 25.9. The molecule has 0 saturated carbocycles. The van der Waals surface area contributed by atoms with Gasteiger partial charge in [0.2, 0.25) is 5.82 Å². The number of halogens is 2. The molecule has 6 heteroatoms. The van der Waals surface area contributed by atoms with Gasteiger partial charge in [-0.05, 0) is 0 Å². The first-order valence-electron chi connectivity index (χ1n) is 3.27. The smallest absolute Gasteiger partial charge is 0.209 e. The lowest BCUT2D eigenvalue weighted by Gasteiger charge is -2.04. The van der Waals surface area contributed by atoms with Gasteiger partial charge in [-0.25, -0.2) is 4.39 Å². The maximum atomic E-state index is 13.0. The number of hydrogen-bond acceptors (Lipinski definition) is 4. The molecule has 0 heterocycles. The molecule has 0 amide bonds. The molecule has 0 aliphatic heterocycles. The molecule has 0 saturated heterocycles. The molecular formula is C8H2F2N2O2. The summed E-state index contributed by atoms with van der Waals surface area (Å²) in [6.45, 7) is 0. The van der Waals surface area contributed by atoms with Crippen molar-refractivity contribution in [1.82, 2.24) is 0 Å². The molecule has 2 N–H and O–H groups in total. The van der Waals surface area contributed by atoms with Gasteiger partial charge in [0.15, 0.2) is 17.3 Å². The van der Waals surface area contributed by atoms with Crippen LogP contribution >= 0.6 is 0 Å². The zero-order valence-electron chi connectivity index (χ0n) is 6.54. The van der Waals surface area contributed by atoms with E-state index in [1.54, 1.807) is 0 Å². The second-order valence-electron chi connectivity index (χ2n) is 2.30. The third kappa shape index (κ3) is 1.10. The number of nitriles is 2. The second-order valence-corrected chi connectivity index (χ2v) is 2.30. The molecule has 0 radical (unpaired) electrons. The van der Waals surface area contributed by atoms with Gasteiger partial charge in [-0.1, -0.05) is 0 Å². The zero-order chi connectivity index (χ0) is 10.9. The molecule has 0 aliphatic rings. The lowest BCUT2D eigenvalue weighted by atomic mass is 10.1. The molecule has 0 spiro atoms. The van der Waals surface area contributed by atoms with Crippen molar-refractivity contribution in [2.45, 2.75) is 0 Å². The van der Waals surface area contributed by atoms with Gasteiger partial charge < -0.3 is 10.2 Å². The Morgan fingerprint density at radius 3 is 1.50 bits per heavy atom. The summed E-state index contributed by atoms with van der Waals surface area (Å²) in [7, 11) is 0. The first-order valence-corrected chi connectivity index (χ1v) is 3.27. The van der Waals surface area contributed by atoms with Gasteiger partial charge in [0.1, 0.15) is 23.3 Å². The summed E-state index contributed by atoms with van der Waals surface area (Å²) in [6, 6.07) is 2.36. The standard InChI is InChI=1S/C8H2F2N2O2/c9-5-3(1-11)7(13)6(10)8(14)4(5)2-12/h13-14H. The summed E-state index contributed by atoms with van der Waals surface area (Å²) in [4.78, 5) is 0. The first-order chi connectivity index (χ1) is 6.54. The molecular weight excluding hydrogens is 194 g/mol. The van der Waals surface area contributed by atoms with Crippen LogP contribution in [0.2, 0.25) is 0 Å². The minimum absolute atomic E-state index is 1.00. The molecule has 70 valence electrons. The molecule has 4 nitrogen and oxygen atoms in total. The Morgan fingerprint density at radius 1 is 0.857 bits per heavy atom. The van der Waals surface area contributed by atoms with Gasteiger partial charge in [-0.2, -0.15) is 14.9 Å². The Kier molecular flexibility index (Phi) is 2.22. The van der Waals surface area contributed by atoms with E-state index in [4.69, 9.17) is 20.7 Å². The Morgan fingerprint density at radius 2 is 1.21 bits per heavy atom. The highest BCUT2D eigenvalue weighted by Gasteiger charge is 2.23. The number of nitrogens with zero attached hydrogens (tertiary/aromatic N) is 2. The average Bonchev–Trinajstić information content (AvgIpc) is 2.16. The van der Waals surface area contributed by atoms with E-state index in [2.05, 4.69) is 0 Å². The maximum absolute atomic E-state index is 13.0. The fraction of sp³-hybridized carbons (Fsp3) is 0. The normalized spacial score (nSPS) is 9.14. The summed E-state index contributed by atoms with van der Waals surface area (Å²) in [6.07, 6.45) is 0. The van der Waals surface area contributed by atoms with Crippen molar-refractivity contribution in [2.75, 3.05) is 0 Å². The minimum Gasteiger partial charge on any atom is -0.504 e. The van der Waals surface area contributed by atoms with Crippen LogP contribution in [0, 0.1) is 34.3 Å². The molecule has 0 atom stereocenters. The molecule has 0 aliphatic carbocycles. The summed E-state index contributed by atoms with van der Waals surface area (Å²) >= 11 is 0. The van der Waals surface area contributed by atoms with E-state index in [1.807, 2.05) is 0 Å². The second kappa shape index (κ2) is 3.19. The van der Waals surface area contributed by atoms with Gasteiger partial charge in [0.05, 0.1) is 0 Å². The highest BCUT2D eigenvalue weighted by Crippen LogP contribution is 2.34. The van der Waals surface area contributed by atoms with Crippen molar-refractivity contribution >= 4 is 0 Å². The minimum atomic E-state index is -1.58. The quantitative estimate of drug-likeness (QED) is 0.650. The molecule has 0 aromatic heterocycles. The van der Waals surface area contributed by atoms with Crippen LogP contribution in [0.1, 0.15) is 11.1 Å². The van der Waals surface area contributed by atoms with Crippen molar-refractivity contribution in [2.24, 2.45) is 0 Å². The van der Waals surface area contributed by atoms with Crippen LogP contribution in [0.5, 0.6) is 11.5 Å². The third-order valence-electron chi connectivity index (χ3n) is 1.55.